The number of fused-ring (bicyclic) bond motifs is 6. The minimum atomic E-state index is -1.48. The fourth-order valence-corrected chi connectivity index (χ4v) is 7.31. The summed E-state index contributed by atoms with van der Waals surface area (Å²) in [6.45, 7) is 0. The zero-order valence-electron chi connectivity index (χ0n) is 21.4. The second kappa shape index (κ2) is 9.40. The van der Waals surface area contributed by atoms with E-state index in [-0.39, 0.29) is 22.1 Å². The molecule has 3 aliphatic rings. The van der Waals surface area contributed by atoms with Crippen molar-refractivity contribution in [1.29, 1.82) is 0 Å². The molecule has 0 radical (unpaired) electrons. The van der Waals surface area contributed by atoms with Crippen molar-refractivity contribution in [3.63, 3.8) is 0 Å². The van der Waals surface area contributed by atoms with E-state index in [0.29, 0.717) is 16.3 Å². The van der Waals surface area contributed by atoms with Crippen LogP contribution < -0.4 is 5.32 Å². The van der Waals surface area contributed by atoms with Gasteiger partial charge in [-0.1, -0.05) is 65.7 Å². The van der Waals surface area contributed by atoms with Crippen LogP contribution in [0.1, 0.15) is 43.4 Å². The van der Waals surface area contributed by atoms with Gasteiger partial charge in [0.05, 0.1) is 17.0 Å². The van der Waals surface area contributed by atoms with Crippen molar-refractivity contribution in [2.75, 3.05) is 5.32 Å². The molecule has 1 fully saturated rings. The van der Waals surface area contributed by atoms with Crippen molar-refractivity contribution in [2.24, 2.45) is 5.92 Å². The molecule has 5 nitrogen and oxygen atoms in total. The van der Waals surface area contributed by atoms with E-state index >= 15 is 0 Å². The maximum Gasteiger partial charge on any atom is 0.238 e. The first-order chi connectivity index (χ1) is 19.8. The molecule has 41 heavy (non-hydrogen) atoms. The van der Waals surface area contributed by atoms with Crippen molar-refractivity contribution in [3.8, 4) is 0 Å². The van der Waals surface area contributed by atoms with Crippen LogP contribution >= 0.6 is 23.2 Å². The van der Waals surface area contributed by atoms with Crippen LogP contribution in [0.2, 0.25) is 10.0 Å². The number of rotatable bonds is 4. The molecule has 4 aromatic carbocycles. The molecule has 3 aliphatic heterocycles. The first-order valence-corrected chi connectivity index (χ1v) is 13.8. The van der Waals surface area contributed by atoms with Gasteiger partial charge >= 0.3 is 0 Å². The lowest BCUT2D eigenvalue weighted by Crippen LogP contribution is -2.49. The number of carbonyl (C=O) groups excluding carboxylic acids is 3. The Morgan fingerprint density at radius 1 is 0.878 bits per heavy atom. The summed E-state index contributed by atoms with van der Waals surface area (Å²) in [4.78, 5) is 45.4. The Kier molecular flexibility index (Phi) is 5.89. The van der Waals surface area contributed by atoms with E-state index in [4.69, 9.17) is 23.2 Å². The Morgan fingerprint density at radius 2 is 1.61 bits per heavy atom. The van der Waals surface area contributed by atoms with Gasteiger partial charge in [-0.25, -0.2) is 4.39 Å². The molecule has 3 heterocycles. The summed E-state index contributed by atoms with van der Waals surface area (Å²) in [5, 5.41) is 3.51. The number of nitrogens with zero attached hydrogens (tertiary/aromatic N) is 1. The SMILES string of the molecule is O=C(c1ccc(Cl)cc1Cl)[C@@H]1[C@@H](C(=O)c2ccc(F)cc2)[C@@]2(C(=O)Nc3ccccc32)[C@H]2c3ccccc3C=CN12. The first kappa shape index (κ1) is 25.7. The Bertz CT molecular complexity index is 1800. The largest absolute Gasteiger partial charge is 0.358 e. The number of hydrogen-bond acceptors (Lipinski definition) is 4. The smallest absolute Gasteiger partial charge is 0.238 e. The maximum atomic E-state index is 14.7. The lowest BCUT2D eigenvalue weighted by atomic mass is 9.62. The van der Waals surface area contributed by atoms with Gasteiger partial charge in [-0.05, 0) is 71.3 Å². The van der Waals surface area contributed by atoms with E-state index in [1.807, 2.05) is 53.4 Å². The molecule has 4 atom stereocenters. The second-order valence-electron chi connectivity index (χ2n) is 10.4. The van der Waals surface area contributed by atoms with Gasteiger partial charge in [0.25, 0.3) is 0 Å². The molecule has 8 heteroatoms. The maximum absolute atomic E-state index is 14.7. The van der Waals surface area contributed by atoms with Crippen molar-refractivity contribution >= 4 is 52.4 Å². The fraction of sp³-hybridized carbons (Fsp3) is 0.121. The third-order valence-corrected chi connectivity index (χ3v) is 8.99. The predicted octanol–water partition coefficient (Wildman–Crippen LogP) is 7.11. The van der Waals surface area contributed by atoms with Crippen molar-refractivity contribution in [2.45, 2.75) is 17.5 Å². The lowest BCUT2D eigenvalue weighted by molar-refractivity contribution is -0.122. The molecule has 7 rings (SSSR count). The zero-order valence-corrected chi connectivity index (χ0v) is 22.9. The summed E-state index contributed by atoms with van der Waals surface area (Å²) in [6.07, 6.45) is 3.67. The molecule has 0 saturated carbocycles. The average molecular weight is 583 g/mol. The fourth-order valence-electron chi connectivity index (χ4n) is 6.81. The molecule has 1 N–H and O–H groups in total. The molecular weight excluding hydrogens is 562 g/mol. The number of anilines is 1. The third-order valence-electron chi connectivity index (χ3n) is 8.45. The van der Waals surface area contributed by atoms with Crippen LogP contribution in [-0.2, 0) is 10.2 Å². The topological polar surface area (TPSA) is 66.5 Å². The molecule has 1 amide bonds. The number of para-hydroxylation sites is 1. The number of carbonyl (C=O) groups is 3. The Labute approximate surface area is 245 Å². The van der Waals surface area contributed by atoms with Gasteiger partial charge in [0.2, 0.25) is 5.91 Å². The molecule has 4 aromatic rings. The molecule has 1 saturated heterocycles. The number of benzene rings is 4. The Hall–Kier alpha value is -4.26. The number of nitrogens with one attached hydrogen (secondary N) is 1. The van der Waals surface area contributed by atoms with E-state index in [1.165, 1.54) is 36.4 Å². The highest BCUT2D eigenvalue weighted by atomic mass is 35.5. The van der Waals surface area contributed by atoms with Crippen LogP contribution in [0.3, 0.4) is 0 Å². The summed E-state index contributed by atoms with van der Waals surface area (Å²) >= 11 is 12.7. The molecular formula is C33H21Cl2FN2O3. The van der Waals surface area contributed by atoms with Gasteiger partial charge in [0.1, 0.15) is 17.3 Å². The van der Waals surface area contributed by atoms with E-state index in [2.05, 4.69) is 5.32 Å². The van der Waals surface area contributed by atoms with Gasteiger partial charge < -0.3 is 10.2 Å². The molecule has 0 unspecified atom stereocenters. The summed E-state index contributed by atoms with van der Waals surface area (Å²) in [6, 6.07) is 22.9. The van der Waals surface area contributed by atoms with Crippen LogP contribution in [-0.4, -0.2) is 28.4 Å². The van der Waals surface area contributed by atoms with Gasteiger partial charge in [-0.2, -0.15) is 0 Å². The molecule has 1 spiro atoms. The van der Waals surface area contributed by atoms with Gasteiger partial charge in [0, 0.05) is 28.0 Å². The van der Waals surface area contributed by atoms with E-state index in [0.717, 1.165) is 11.1 Å². The average Bonchev–Trinajstić information content (AvgIpc) is 3.45. The van der Waals surface area contributed by atoms with Crippen LogP contribution in [0.15, 0.2) is 97.2 Å². The second-order valence-corrected chi connectivity index (χ2v) is 11.3. The van der Waals surface area contributed by atoms with E-state index in [9.17, 15) is 18.8 Å². The highest BCUT2D eigenvalue weighted by Gasteiger charge is 2.70. The number of halogens is 3. The van der Waals surface area contributed by atoms with Crippen molar-refractivity contribution in [1.82, 2.24) is 4.90 Å². The van der Waals surface area contributed by atoms with Crippen LogP contribution in [0.25, 0.3) is 6.08 Å². The molecule has 0 aliphatic carbocycles. The zero-order chi connectivity index (χ0) is 28.5. The quantitative estimate of drug-likeness (QED) is 0.260. The molecule has 0 aromatic heterocycles. The van der Waals surface area contributed by atoms with Crippen LogP contribution in [0, 0.1) is 11.7 Å². The monoisotopic (exact) mass is 582 g/mol. The first-order valence-electron chi connectivity index (χ1n) is 13.1. The summed E-state index contributed by atoms with van der Waals surface area (Å²) in [5.74, 6) is -2.93. The standard InChI is InChI=1S/C33H21Cl2FN2O3/c34-20-11-14-23(25(35)17-20)30(40)28-27(29(39)19-9-12-21(36)13-10-19)33(24-7-3-4-8-26(24)37-32(33)41)31-22-6-2-1-5-18(22)15-16-38(28)31/h1-17,27-28,31H,(H,37,41)/t27-,28-,31+,33+/m0/s1. The lowest BCUT2D eigenvalue weighted by Gasteiger charge is -2.38. The minimum Gasteiger partial charge on any atom is -0.358 e. The summed E-state index contributed by atoms with van der Waals surface area (Å²) < 4.78 is 13.9. The van der Waals surface area contributed by atoms with Gasteiger partial charge in [0.15, 0.2) is 11.6 Å². The highest BCUT2D eigenvalue weighted by Crippen LogP contribution is 2.62. The van der Waals surface area contributed by atoms with Crippen LogP contribution in [0.4, 0.5) is 10.1 Å². The molecule has 0 bridgehead atoms. The highest BCUT2D eigenvalue weighted by molar-refractivity contribution is 6.37. The van der Waals surface area contributed by atoms with Crippen molar-refractivity contribution in [3.05, 3.63) is 141 Å². The Balaban J connectivity index is 1.54. The number of hydrogen-bond donors (Lipinski definition) is 1. The minimum absolute atomic E-state index is 0.144. The predicted molar refractivity (Wildman–Crippen MR) is 156 cm³/mol. The summed E-state index contributed by atoms with van der Waals surface area (Å²) in [7, 11) is 0. The summed E-state index contributed by atoms with van der Waals surface area (Å²) in [5.41, 5.74) is 1.81. The van der Waals surface area contributed by atoms with E-state index < -0.39 is 40.8 Å². The third kappa shape index (κ3) is 3.64. The van der Waals surface area contributed by atoms with Crippen LogP contribution in [0.5, 0.6) is 0 Å². The van der Waals surface area contributed by atoms with E-state index in [1.54, 1.807) is 18.3 Å². The normalized spacial score (nSPS) is 23.6. The van der Waals surface area contributed by atoms with Crippen molar-refractivity contribution < 1.29 is 18.8 Å². The number of Topliss-reactive ketones (excluding diaryl/α,β-unsaturated/α-hetero) is 2. The Morgan fingerprint density at radius 3 is 2.39 bits per heavy atom. The molecule has 202 valence electrons. The van der Waals surface area contributed by atoms with Gasteiger partial charge in [-0.3, -0.25) is 14.4 Å². The van der Waals surface area contributed by atoms with Gasteiger partial charge in [-0.15, -0.1) is 0 Å². The number of ketones is 2. The number of amides is 1.